The van der Waals surface area contributed by atoms with Crippen molar-refractivity contribution in [3.05, 3.63) is 89.4 Å². The van der Waals surface area contributed by atoms with Gasteiger partial charge in [0.25, 0.3) is 5.91 Å². The van der Waals surface area contributed by atoms with Crippen molar-refractivity contribution in [2.24, 2.45) is 0 Å². The zero-order valence-corrected chi connectivity index (χ0v) is 15.0. The highest BCUT2D eigenvalue weighted by molar-refractivity contribution is 7.13. The summed E-state index contributed by atoms with van der Waals surface area (Å²) in [5, 5.41) is 9.62. The number of carbonyl (C=O) groups is 1. The number of hydrogen-bond acceptors (Lipinski definition) is 3. The third kappa shape index (κ3) is 3.30. The highest BCUT2D eigenvalue weighted by Crippen LogP contribution is 2.28. The quantitative estimate of drug-likeness (QED) is 0.547. The number of aryl methyl sites for hydroxylation is 1. The highest BCUT2D eigenvalue weighted by atomic mass is 32.1. The van der Waals surface area contributed by atoms with Crippen LogP contribution in [0.2, 0.25) is 0 Å². The van der Waals surface area contributed by atoms with Crippen LogP contribution >= 0.6 is 11.3 Å². The van der Waals surface area contributed by atoms with Gasteiger partial charge in [0.2, 0.25) is 0 Å². The van der Waals surface area contributed by atoms with Crippen molar-refractivity contribution in [3.8, 4) is 16.3 Å². The lowest BCUT2D eigenvalue weighted by atomic mass is 10.2. The van der Waals surface area contributed by atoms with E-state index in [0.29, 0.717) is 11.3 Å². The summed E-state index contributed by atoms with van der Waals surface area (Å²) >= 11 is 1.57. The van der Waals surface area contributed by atoms with Gasteiger partial charge in [-0.15, -0.1) is 11.3 Å². The Morgan fingerprint density at radius 2 is 1.77 bits per heavy atom. The lowest BCUT2D eigenvalue weighted by Crippen LogP contribution is -2.12. The number of aromatic nitrogens is 2. The van der Waals surface area contributed by atoms with E-state index in [1.54, 1.807) is 22.2 Å². The summed E-state index contributed by atoms with van der Waals surface area (Å²) in [5.41, 5.74) is 4.08. The molecule has 0 saturated heterocycles. The molecular weight excluding hydrogens is 342 g/mol. The molecule has 4 rings (SSSR count). The number of nitrogens with one attached hydrogen (secondary N) is 1. The van der Waals surface area contributed by atoms with Crippen LogP contribution in [0.3, 0.4) is 0 Å². The third-order valence-corrected chi connectivity index (χ3v) is 4.92. The first-order valence-electron chi connectivity index (χ1n) is 8.28. The van der Waals surface area contributed by atoms with Gasteiger partial charge in [-0.1, -0.05) is 42.0 Å². The second-order valence-electron chi connectivity index (χ2n) is 5.97. The molecule has 4 nitrogen and oxygen atoms in total. The summed E-state index contributed by atoms with van der Waals surface area (Å²) in [6.07, 6.45) is 1.79. The van der Waals surface area contributed by atoms with Gasteiger partial charge in [-0.3, -0.25) is 4.79 Å². The molecule has 0 spiro atoms. The molecular formula is C21H17N3OS. The summed E-state index contributed by atoms with van der Waals surface area (Å²) in [5.74, 6) is -0.167. The van der Waals surface area contributed by atoms with E-state index in [1.807, 2.05) is 79.0 Å². The number of hydrogen-bond donors (Lipinski definition) is 1. The van der Waals surface area contributed by atoms with E-state index in [2.05, 4.69) is 10.4 Å². The molecule has 2 aromatic heterocycles. The van der Waals surface area contributed by atoms with E-state index < -0.39 is 0 Å². The topological polar surface area (TPSA) is 46.9 Å². The largest absolute Gasteiger partial charge is 0.322 e. The van der Waals surface area contributed by atoms with E-state index in [4.69, 9.17) is 0 Å². The Morgan fingerprint density at radius 1 is 1.00 bits per heavy atom. The number of para-hydroxylation sites is 1. The highest BCUT2D eigenvalue weighted by Gasteiger charge is 2.19. The second kappa shape index (κ2) is 6.98. The molecule has 0 fully saturated rings. The Hall–Kier alpha value is -3.18. The summed E-state index contributed by atoms with van der Waals surface area (Å²) in [6, 6.07) is 21.5. The van der Waals surface area contributed by atoms with Crippen molar-refractivity contribution in [3.63, 3.8) is 0 Å². The van der Waals surface area contributed by atoms with Crippen molar-refractivity contribution >= 4 is 22.9 Å². The van der Waals surface area contributed by atoms with Gasteiger partial charge in [0, 0.05) is 11.9 Å². The standard InChI is InChI=1S/C21H17N3OS/c1-15-9-11-16(12-10-15)22-21(25)18-14-24(17-6-3-2-4-7-17)23-20(18)19-8-5-13-26-19/h2-14H,1H3,(H,22,25). The summed E-state index contributed by atoms with van der Waals surface area (Å²) < 4.78 is 1.75. The van der Waals surface area contributed by atoms with Gasteiger partial charge in [-0.2, -0.15) is 5.10 Å². The average molecular weight is 359 g/mol. The molecule has 0 aliphatic carbocycles. The molecule has 4 aromatic rings. The molecule has 2 aromatic carbocycles. The minimum absolute atomic E-state index is 0.167. The van der Waals surface area contributed by atoms with Crippen LogP contribution in [0.5, 0.6) is 0 Å². The van der Waals surface area contributed by atoms with Crippen LogP contribution < -0.4 is 5.32 Å². The van der Waals surface area contributed by atoms with Gasteiger partial charge in [0.1, 0.15) is 5.69 Å². The Bertz CT molecular complexity index is 1020. The van der Waals surface area contributed by atoms with E-state index in [1.165, 1.54) is 0 Å². The number of rotatable bonds is 4. The summed E-state index contributed by atoms with van der Waals surface area (Å²) in [6.45, 7) is 2.02. The fraction of sp³-hybridized carbons (Fsp3) is 0.0476. The smallest absolute Gasteiger partial charge is 0.259 e. The number of thiophene rings is 1. The van der Waals surface area contributed by atoms with Crippen LogP contribution in [0.25, 0.3) is 16.3 Å². The first kappa shape index (κ1) is 16.3. The first-order chi connectivity index (χ1) is 12.7. The summed E-state index contributed by atoms with van der Waals surface area (Å²) in [7, 11) is 0. The van der Waals surface area contributed by atoms with E-state index in [0.717, 1.165) is 21.8 Å². The molecule has 1 amide bonds. The molecule has 2 heterocycles. The number of carbonyl (C=O) groups excluding carboxylic acids is 1. The predicted octanol–water partition coefficient (Wildman–Crippen LogP) is 5.16. The molecule has 0 bridgehead atoms. The van der Waals surface area contributed by atoms with Crippen LogP contribution in [0.1, 0.15) is 15.9 Å². The zero-order chi connectivity index (χ0) is 17.9. The van der Waals surface area contributed by atoms with Gasteiger partial charge >= 0.3 is 0 Å². The lowest BCUT2D eigenvalue weighted by molar-refractivity contribution is 0.102. The first-order valence-corrected chi connectivity index (χ1v) is 9.16. The van der Waals surface area contributed by atoms with Gasteiger partial charge in [0.05, 0.1) is 16.1 Å². The number of nitrogens with zero attached hydrogens (tertiary/aromatic N) is 2. The van der Waals surface area contributed by atoms with Crippen LogP contribution in [-0.4, -0.2) is 15.7 Å². The zero-order valence-electron chi connectivity index (χ0n) is 14.2. The fourth-order valence-corrected chi connectivity index (χ4v) is 3.41. The molecule has 0 radical (unpaired) electrons. The number of anilines is 1. The number of amides is 1. The van der Waals surface area contributed by atoms with Crippen LogP contribution in [0.4, 0.5) is 5.69 Å². The van der Waals surface area contributed by atoms with Crippen molar-refractivity contribution in [2.75, 3.05) is 5.32 Å². The normalized spacial score (nSPS) is 10.7. The van der Waals surface area contributed by atoms with Gasteiger partial charge in [0.15, 0.2) is 0 Å². The van der Waals surface area contributed by atoms with E-state index >= 15 is 0 Å². The predicted molar refractivity (Wildman–Crippen MR) is 106 cm³/mol. The maximum Gasteiger partial charge on any atom is 0.259 e. The Kier molecular flexibility index (Phi) is 4.37. The SMILES string of the molecule is Cc1ccc(NC(=O)c2cn(-c3ccccc3)nc2-c2cccs2)cc1. The Balaban J connectivity index is 1.72. The second-order valence-corrected chi connectivity index (χ2v) is 6.92. The van der Waals surface area contributed by atoms with Crippen molar-refractivity contribution in [1.29, 1.82) is 0 Å². The monoisotopic (exact) mass is 359 g/mol. The van der Waals surface area contributed by atoms with Crippen LogP contribution in [-0.2, 0) is 0 Å². The maximum atomic E-state index is 12.9. The van der Waals surface area contributed by atoms with Crippen molar-refractivity contribution in [1.82, 2.24) is 9.78 Å². The molecule has 0 atom stereocenters. The molecule has 5 heteroatoms. The van der Waals surface area contributed by atoms with Crippen LogP contribution in [0, 0.1) is 6.92 Å². The lowest BCUT2D eigenvalue weighted by Gasteiger charge is -2.05. The summed E-state index contributed by atoms with van der Waals surface area (Å²) in [4.78, 5) is 13.9. The maximum absolute atomic E-state index is 12.9. The molecule has 0 saturated carbocycles. The average Bonchev–Trinajstić information content (AvgIpc) is 3.34. The minimum Gasteiger partial charge on any atom is -0.322 e. The molecule has 0 aliphatic rings. The fourth-order valence-electron chi connectivity index (χ4n) is 2.68. The van der Waals surface area contributed by atoms with Crippen molar-refractivity contribution < 1.29 is 4.79 Å². The van der Waals surface area contributed by atoms with Gasteiger partial charge in [-0.25, -0.2) is 4.68 Å². The third-order valence-electron chi connectivity index (χ3n) is 4.04. The van der Waals surface area contributed by atoms with E-state index in [9.17, 15) is 4.79 Å². The van der Waals surface area contributed by atoms with Crippen molar-refractivity contribution in [2.45, 2.75) is 6.92 Å². The molecule has 0 aliphatic heterocycles. The Labute approximate surface area is 155 Å². The Morgan fingerprint density at radius 3 is 2.46 bits per heavy atom. The van der Waals surface area contributed by atoms with Crippen LogP contribution in [0.15, 0.2) is 78.3 Å². The molecule has 0 unspecified atom stereocenters. The van der Waals surface area contributed by atoms with E-state index in [-0.39, 0.29) is 5.91 Å². The molecule has 1 N–H and O–H groups in total. The number of benzene rings is 2. The minimum atomic E-state index is -0.167. The molecule has 26 heavy (non-hydrogen) atoms. The van der Waals surface area contributed by atoms with Gasteiger partial charge in [-0.05, 0) is 42.6 Å². The molecule has 128 valence electrons. The van der Waals surface area contributed by atoms with Gasteiger partial charge < -0.3 is 5.32 Å².